The van der Waals surface area contributed by atoms with Gasteiger partial charge in [0.15, 0.2) is 0 Å². The molecule has 0 unspecified atom stereocenters. The summed E-state index contributed by atoms with van der Waals surface area (Å²) in [5, 5.41) is 14.4. The maximum atomic E-state index is 10.6. The zero-order valence-electron chi connectivity index (χ0n) is 11.3. The lowest BCUT2D eigenvalue weighted by atomic mass is 10.2. The number of hydrogen-bond donors (Lipinski definition) is 0. The summed E-state index contributed by atoms with van der Waals surface area (Å²) in [4.78, 5) is 18.5. The fraction of sp³-hybridized carbons (Fsp3) is 0. The number of rotatable bonds is 4. The predicted octanol–water partition coefficient (Wildman–Crippen LogP) is 3.40. The van der Waals surface area contributed by atoms with E-state index in [1.54, 1.807) is 18.3 Å². The van der Waals surface area contributed by atoms with Gasteiger partial charge >= 0.3 is 0 Å². The number of benzene rings is 2. The number of nitro groups is 1. The minimum atomic E-state index is -0.435. The summed E-state index contributed by atoms with van der Waals surface area (Å²) in [7, 11) is 0. The second-order valence-electron chi connectivity index (χ2n) is 4.41. The predicted molar refractivity (Wildman–Crippen MR) is 80.1 cm³/mol. The van der Waals surface area contributed by atoms with E-state index in [-0.39, 0.29) is 5.69 Å². The van der Waals surface area contributed by atoms with Crippen molar-refractivity contribution in [3.8, 4) is 11.4 Å². The van der Waals surface area contributed by atoms with Crippen molar-refractivity contribution in [1.29, 1.82) is 0 Å². The van der Waals surface area contributed by atoms with E-state index in [1.165, 1.54) is 18.5 Å². The van der Waals surface area contributed by atoms with Gasteiger partial charge in [-0.25, -0.2) is 0 Å². The highest BCUT2D eigenvalue weighted by molar-refractivity contribution is 5.82. The fourth-order valence-electron chi connectivity index (χ4n) is 1.85. The summed E-state index contributed by atoms with van der Waals surface area (Å²) in [5.41, 5.74) is 2.35. The molecule has 0 atom stereocenters. The molecule has 0 aliphatic heterocycles. The van der Waals surface area contributed by atoms with Crippen LogP contribution in [0.3, 0.4) is 0 Å². The van der Waals surface area contributed by atoms with Crippen molar-refractivity contribution < 1.29 is 9.45 Å². The van der Waals surface area contributed by atoms with Gasteiger partial charge in [0.25, 0.3) is 5.69 Å². The smallest absolute Gasteiger partial charge is 0.269 e. The quantitative estimate of drug-likeness (QED) is 0.417. The van der Waals surface area contributed by atoms with Crippen LogP contribution in [0.2, 0.25) is 0 Å². The van der Waals surface area contributed by atoms with E-state index in [1.807, 2.05) is 24.3 Å². The van der Waals surface area contributed by atoms with Gasteiger partial charge in [0.1, 0.15) is 0 Å². The molecule has 108 valence electrons. The average Bonchev–Trinajstić information content (AvgIpc) is 3.08. The van der Waals surface area contributed by atoms with Crippen molar-refractivity contribution in [2.24, 2.45) is 4.99 Å². The molecule has 0 fully saturated rings. The van der Waals surface area contributed by atoms with Gasteiger partial charge in [-0.15, -0.1) is 0 Å². The van der Waals surface area contributed by atoms with Crippen LogP contribution in [0.5, 0.6) is 0 Å². The Labute approximate surface area is 125 Å². The maximum absolute atomic E-state index is 10.6. The van der Waals surface area contributed by atoms with Gasteiger partial charge in [0, 0.05) is 23.9 Å². The fourth-order valence-corrected chi connectivity index (χ4v) is 1.85. The first-order valence-electron chi connectivity index (χ1n) is 6.38. The number of aromatic nitrogens is 2. The number of hydrogen-bond acceptors (Lipinski definition) is 6. The third kappa shape index (κ3) is 3.04. The van der Waals surface area contributed by atoms with E-state index in [4.69, 9.17) is 4.52 Å². The zero-order chi connectivity index (χ0) is 15.4. The van der Waals surface area contributed by atoms with Gasteiger partial charge in [0.2, 0.25) is 12.2 Å². The summed E-state index contributed by atoms with van der Waals surface area (Å²) in [6, 6.07) is 13.5. The molecule has 7 nitrogen and oxygen atoms in total. The monoisotopic (exact) mass is 294 g/mol. The normalized spacial score (nSPS) is 10.9. The summed E-state index contributed by atoms with van der Waals surface area (Å²) >= 11 is 0. The Balaban J connectivity index is 1.80. The molecule has 7 heteroatoms. The van der Waals surface area contributed by atoms with Crippen molar-refractivity contribution in [3.05, 3.63) is 70.6 Å². The molecule has 2 aromatic carbocycles. The highest BCUT2D eigenvalue weighted by Gasteiger charge is 2.04. The maximum Gasteiger partial charge on any atom is 0.269 e. The van der Waals surface area contributed by atoms with E-state index >= 15 is 0 Å². The Hall–Kier alpha value is -3.35. The van der Waals surface area contributed by atoms with E-state index in [0.717, 1.165) is 16.8 Å². The largest absolute Gasteiger partial charge is 0.342 e. The lowest BCUT2D eigenvalue weighted by molar-refractivity contribution is -0.384. The van der Waals surface area contributed by atoms with Gasteiger partial charge in [0.05, 0.1) is 10.6 Å². The molecule has 0 radical (unpaired) electrons. The first kappa shape index (κ1) is 13.6. The summed E-state index contributed by atoms with van der Waals surface area (Å²) < 4.78 is 4.71. The Morgan fingerprint density at radius 1 is 1.18 bits per heavy atom. The third-order valence-electron chi connectivity index (χ3n) is 2.93. The molecular formula is C15H10N4O3. The minimum absolute atomic E-state index is 0.0521. The van der Waals surface area contributed by atoms with Crippen molar-refractivity contribution in [1.82, 2.24) is 10.1 Å². The van der Waals surface area contributed by atoms with Crippen molar-refractivity contribution >= 4 is 17.6 Å². The average molecular weight is 294 g/mol. The molecule has 0 saturated carbocycles. The topological polar surface area (TPSA) is 94.4 Å². The first-order valence-corrected chi connectivity index (χ1v) is 6.38. The summed E-state index contributed by atoms with van der Waals surface area (Å²) in [6.07, 6.45) is 2.90. The molecule has 0 bridgehead atoms. The van der Waals surface area contributed by atoms with E-state index in [9.17, 15) is 10.1 Å². The lowest BCUT2D eigenvalue weighted by Crippen LogP contribution is -1.88. The number of aliphatic imine (C=N–C) groups is 1. The number of non-ortho nitro benzene ring substituents is 1. The van der Waals surface area contributed by atoms with Crippen molar-refractivity contribution in [2.75, 3.05) is 0 Å². The number of nitro benzene ring substituents is 1. The second kappa shape index (κ2) is 5.96. The van der Waals surface area contributed by atoms with Crippen molar-refractivity contribution in [2.45, 2.75) is 0 Å². The molecule has 0 amide bonds. The first-order chi connectivity index (χ1) is 10.7. The Morgan fingerprint density at radius 2 is 2.00 bits per heavy atom. The third-order valence-corrected chi connectivity index (χ3v) is 2.93. The van der Waals surface area contributed by atoms with Crippen LogP contribution in [0.1, 0.15) is 5.56 Å². The highest BCUT2D eigenvalue weighted by Crippen LogP contribution is 2.21. The van der Waals surface area contributed by atoms with Crippen LogP contribution in [-0.4, -0.2) is 21.3 Å². The zero-order valence-corrected chi connectivity index (χ0v) is 11.3. The Morgan fingerprint density at radius 3 is 2.68 bits per heavy atom. The van der Waals surface area contributed by atoms with Gasteiger partial charge in [-0.2, -0.15) is 4.98 Å². The van der Waals surface area contributed by atoms with Crippen molar-refractivity contribution in [3.63, 3.8) is 0 Å². The van der Waals surface area contributed by atoms with Crippen LogP contribution in [0.4, 0.5) is 11.4 Å². The molecule has 3 aromatic rings. The summed E-state index contributed by atoms with van der Waals surface area (Å²) in [6.45, 7) is 0. The highest BCUT2D eigenvalue weighted by atomic mass is 16.6. The van der Waals surface area contributed by atoms with Crippen LogP contribution in [0.15, 0.2) is 64.4 Å². The Kier molecular flexibility index (Phi) is 3.69. The van der Waals surface area contributed by atoms with E-state index in [0.29, 0.717) is 5.82 Å². The van der Waals surface area contributed by atoms with Crippen LogP contribution >= 0.6 is 0 Å². The SMILES string of the molecule is O=[N+]([O-])c1ccc(C=Nc2cccc(-c3ncon3)c2)cc1. The molecule has 1 aromatic heterocycles. The van der Waals surface area contributed by atoms with E-state index in [2.05, 4.69) is 15.1 Å². The standard InChI is InChI=1S/C15H10N4O3/c20-19(21)14-6-4-11(5-7-14)9-16-13-3-1-2-12(8-13)15-17-10-22-18-15/h1-10H. The van der Waals surface area contributed by atoms with Gasteiger partial charge in [-0.05, 0) is 29.8 Å². The second-order valence-corrected chi connectivity index (χ2v) is 4.41. The van der Waals surface area contributed by atoms with Gasteiger partial charge in [-0.3, -0.25) is 15.1 Å². The molecule has 0 aliphatic carbocycles. The molecule has 0 saturated heterocycles. The van der Waals surface area contributed by atoms with Crippen LogP contribution in [-0.2, 0) is 0 Å². The Bertz CT molecular complexity index is 811. The molecule has 0 N–H and O–H groups in total. The minimum Gasteiger partial charge on any atom is -0.342 e. The van der Waals surface area contributed by atoms with Gasteiger partial charge < -0.3 is 4.52 Å². The molecule has 0 spiro atoms. The molecule has 22 heavy (non-hydrogen) atoms. The van der Waals surface area contributed by atoms with Crippen LogP contribution in [0.25, 0.3) is 11.4 Å². The summed E-state index contributed by atoms with van der Waals surface area (Å²) in [5.74, 6) is 0.493. The van der Waals surface area contributed by atoms with Gasteiger partial charge in [-0.1, -0.05) is 17.3 Å². The number of nitrogens with zero attached hydrogens (tertiary/aromatic N) is 4. The van der Waals surface area contributed by atoms with E-state index < -0.39 is 4.92 Å². The van der Waals surface area contributed by atoms with Crippen LogP contribution in [0, 0.1) is 10.1 Å². The molecule has 3 rings (SSSR count). The van der Waals surface area contributed by atoms with Crippen LogP contribution < -0.4 is 0 Å². The molecule has 0 aliphatic rings. The molecular weight excluding hydrogens is 284 g/mol. The molecule has 1 heterocycles. The lowest BCUT2D eigenvalue weighted by Gasteiger charge is -1.97.